The highest BCUT2D eigenvalue weighted by molar-refractivity contribution is 7.99. The summed E-state index contributed by atoms with van der Waals surface area (Å²) in [5, 5.41) is 1.43. The number of carbonyl (C=O) groups excluding carboxylic acids is 1. The van der Waals surface area contributed by atoms with Gasteiger partial charge < -0.3 is 0 Å². The van der Waals surface area contributed by atoms with Gasteiger partial charge in [0.1, 0.15) is 9.53 Å². The molecule has 3 aromatic heterocycles. The number of fused-ring (bicyclic) bond motifs is 3. The molecule has 0 saturated heterocycles. The molecule has 2 aromatic carbocycles. The topological polar surface area (TPSA) is 64.8 Å². The number of carbonyl (C=O) groups is 1. The van der Waals surface area contributed by atoms with Crippen LogP contribution >= 0.6 is 23.1 Å². The van der Waals surface area contributed by atoms with Crippen molar-refractivity contribution < 1.29 is 4.79 Å². The molecular weight excluding hydrogens is 462 g/mol. The molecule has 3 heterocycles. The summed E-state index contributed by atoms with van der Waals surface area (Å²) >= 11 is 2.69. The monoisotopic (exact) mass is 485 g/mol. The number of benzene rings is 2. The molecule has 0 bridgehead atoms. The van der Waals surface area contributed by atoms with Gasteiger partial charge in [-0.2, -0.15) is 0 Å². The lowest BCUT2D eigenvalue weighted by Crippen LogP contribution is -2.25. The van der Waals surface area contributed by atoms with E-state index in [4.69, 9.17) is 4.98 Å². The average molecular weight is 486 g/mol. The van der Waals surface area contributed by atoms with Crippen LogP contribution < -0.4 is 5.56 Å². The number of aryl methyl sites for hydroxylation is 1. The summed E-state index contributed by atoms with van der Waals surface area (Å²) in [5.41, 5.74) is 3.50. The smallest absolute Gasteiger partial charge is 0.272 e. The molecule has 5 nitrogen and oxygen atoms in total. The van der Waals surface area contributed by atoms with Crippen molar-refractivity contribution in [1.82, 2.24) is 14.5 Å². The molecule has 5 rings (SSSR count). The Bertz CT molecular complexity index is 1540. The van der Waals surface area contributed by atoms with Gasteiger partial charge in [-0.1, -0.05) is 78.8 Å². The van der Waals surface area contributed by atoms with Crippen LogP contribution in [0, 0.1) is 6.92 Å². The molecule has 0 N–H and O–H groups in total. The molecule has 0 aliphatic heterocycles. The fourth-order valence-corrected chi connectivity index (χ4v) is 5.85. The summed E-state index contributed by atoms with van der Waals surface area (Å²) in [4.78, 5) is 36.6. The van der Waals surface area contributed by atoms with E-state index in [1.54, 1.807) is 10.8 Å². The minimum atomic E-state index is -0.0823. The highest BCUT2D eigenvalue weighted by Crippen LogP contribution is 2.31. The summed E-state index contributed by atoms with van der Waals surface area (Å²) in [5.74, 6) is 0.331. The molecule has 0 saturated carbocycles. The van der Waals surface area contributed by atoms with Gasteiger partial charge in [0.15, 0.2) is 10.9 Å². The van der Waals surface area contributed by atoms with E-state index < -0.39 is 0 Å². The van der Waals surface area contributed by atoms with Gasteiger partial charge in [-0.3, -0.25) is 14.2 Å². The Morgan fingerprint density at radius 2 is 1.82 bits per heavy atom. The summed E-state index contributed by atoms with van der Waals surface area (Å²) < 4.78 is 2.32. The Hall–Kier alpha value is -3.29. The second-order valence-corrected chi connectivity index (χ2v) is 10.3. The number of rotatable bonds is 7. The predicted octanol–water partition coefficient (Wildman–Crippen LogP) is 6.09. The predicted molar refractivity (Wildman–Crippen MR) is 140 cm³/mol. The third-order valence-electron chi connectivity index (χ3n) is 5.85. The Balaban J connectivity index is 1.55. The third kappa shape index (κ3) is 4.41. The molecule has 0 aliphatic rings. The maximum Gasteiger partial charge on any atom is 0.272 e. The first-order chi connectivity index (χ1) is 16.5. The maximum absolute atomic E-state index is 13.6. The number of thioether (sulfide) groups is 1. The van der Waals surface area contributed by atoms with Crippen LogP contribution in [0.3, 0.4) is 0 Å². The van der Waals surface area contributed by atoms with E-state index in [2.05, 4.69) is 24.0 Å². The Morgan fingerprint density at radius 1 is 1.06 bits per heavy atom. The van der Waals surface area contributed by atoms with Gasteiger partial charge in [0, 0.05) is 23.7 Å². The summed E-state index contributed by atoms with van der Waals surface area (Å²) in [6.07, 6.45) is 1.73. The second-order valence-electron chi connectivity index (χ2n) is 8.34. The van der Waals surface area contributed by atoms with Crippen LogP contribution in [-0.4, -0.2) is 26.1 Å². The van der Waals surface area contributed by atoms with E-state index in [1.165, 1.54) is 23.1 Å². The fraction of sp³-hybridized carbons (Fsp3) is 0.185. The Labute approximate surface area is 205 Å². The van der Waals surface area contributed by atoms with E-state index >= 15 is 0 Å². The molecule has 0 amide bonds. The molecular formula is C27H23N3O2S2. The summed E-state index contributed by atoms with van der Waals surface area (Å²) in [6, 6.07) is 21.5. The van der Waals surface area contributed by atoms with Crippen molar-refractivity contribution in [3.63, 3.8) is 0 Å². The van der Waals surface area contributed by atoms with Crippen molar-refractivity contribution in [2.75, 3.05) is 5.75 Å². The zero-order valence-corrected chi connectivity index (χ0v) is 20.5. The molecule has 0 fully saturated rings. The van der Waals surface area contributed by atoms with Crippen LogP contribution in [0.4, 0.5) is 0 Å². The first-order valence-electron chi connectivity index (χ1n) is 11.1. The van der Waals surface area contributed by atoms with Crippen molar-refractivity contribution in [1.29, 1.82) is 0 Å². The third-order valence-corrected chi connectivity index (χ3v) is 7.92. The Morgan fingerprint density at radius 3 is 2.59 bits per heavy atom. The zero-order chi connectivity index (χ0) is 23.7. The number of nitrogens with zero attached hydrogens (tertiary/aromatic N) is 3. The van der Waals surface area contributed by atoms with Crippen LogP contribution in [0.1, 0.15) is 34.3 Å². The van der Waals surface area contributed by atoms with Gasteiger partial charge in [-0.15, -0.1) is 11.3 Å². The highest BCUT2D eigenvalue weighted by Gasteiger charge is 2.20. The molecule has 0 spiro atoms. The number of thiophene rings is 1. The number of aromatic nitrogens is 3. The summed E-state index contributed by atoms with van der Waals surface area (Å²) in [7, 11) is 0. The standard InChI is InChI=1S/C27H23N3O2S2/c1-17-10-12-20(13-11-17)22(31)16-33-27-29-23-21-9-6-14-28-25(21)34-24(23)26(32)30(27)15-18(2)19-7-4-3-5-8-19/h3-14,18H,15-16H2,1-2H3/t18-/m0/s1. The van der Waals surface area contributed by atoms with Crippen LogP contribution in [0.25, 0.3) is 20.4 Å². The van der Waals surface area contributed by atoms with Crippen LogP contribution in [0.15, 0.2) is 82.9 Å². The first-order valence-corrected chi connectivity index (χ1v) is 12.9. The zero-order valence-electron chi connectivity index (χ0n) is 18.9. The van der Waals surface area contributed by atoms with Crippen LogP contribution in [0.5, 0.6) is 0 Å². The molecule has 170 valence electrons. The van der Waals surface area contributed by atoms with E-state index in [0.717, 1.165) is 21.3 Å². The molecule has 0 radical (unpaired) electrons. The number of hydrogen-bond acceptors (Lipinski definition) is 6. The van der Waals surface area contributed by atoms with Gasteiger partial charge >= 0.3 is 0 Å². The lowest BCUT2D eigenvalue weighted by Gasteiger charge is -2.17. The fourth-order valence-electron chi connectivity index (χ4n) is 3.93. The number of Topliss-reactive ketones (excluding diaryl/α,β-unsaturated/α-hetero) is 1. The summed E-state index contributed by atoms with van der Waals surface area (Å²) in [6.45, 7) is 4.58. The van der Waals surface area contributed by atoms with Crippen molar-refractivity contribution >= 4 is 49.3 Å². The normalized spacial score (nSPS) is 12.3. The van der Waals surface area contributed by atoms with Gasteiger partial charge in [-0.05, 0) is 30.5 Å². The molecule has 0 unspecified atom stereocenters. The SMILES string of the molecule is Cc1ccc(C(=O)CSc2nc3c(sc4ncccc43)c(=O)n2C[C@H](C)c2ccccc2)cc1. The molecule has 1 atom stereocenters. The van der Waals surface area contributed by atoms with Gasteiger partial charge in [-0.25, -0.2) is 9.97 Å². The quantitative estimate of drug-likeness (QED) is 0.158. The minimum absolute atomic E-state index is 0.0128. The molecule has 7 heteroatoms. The highest BCUT2D eigenvalue weighted by atomic mass is 32.2. The van der Waals surface area contributed by atoms with E-state index in [1.807, 2.05) is 61.5 Å². The lowest BCUT2D eigenvalue weighted by molar-refractivity contribution is 0.102. The van der Waals surface area contributed by atoms with E-state index in [9.17, 15) is 9.59 Å². The van der Waals surface area contributed by atoms with Crippen molar-refractivity contribution in [3.05, 3.63) is 100.0 Å². The van der Waals surface area contributed by atoms with Gasteiger partial charge in [0.25, 0.3) is 5.56 Å². The van der Waals surface area contributed by atoms with Gasteiger partial charge in [0.05, 0.1) is 11.3 Å². The van der Waals surface area contributed by atoms with Crippen LogP contribution in [-0.2, 0) is 6.54 Å². The van der Waals surface area contributed by atoms with Gasteiger partial charge in [0.2, 0.25) is 0 Å². The van der Waals surface area contributed by atoms with Crippen molar-refractivity contribution in [2.45, 2.75) is 31.5 Å². The van der Waals surface area contributed by atoms with Crippen molar-refractivity contribution in [2.24, 2.45) is 0 Å². The number of ketones is 1. The second kappa shape index (κ2) is 9.52. The van der Waals surface area contributed by atoms with Crippen LogP contribution in [0.2, 0.25) is 0 Å². The average Bonchev–Trinajstić information content (AvgIpc) is 3.24. The maximum atomic E-state index is 13.6. The van der Waals surface area contributed by atoms with E-state index in [0.29, 0.717) is 27.5 Å². The van der Waals surface area contributed by atoms with Crippen molar-refractivity contribution in [3.8, 4) is 0 Å². The molecule has 5 aromatic rings. The largest absolute Gasteiger partial charge is 0.293 e. The number of hydrogen-bond donors (Lipinski definition) is 0. The number of pyridine rings is 1. The Kier molecular flexibility index (Phi) is 6.30. The minimum Gasteiger partial charge on any atom is -0.293 e. The van der Waals surface area contributed by atoms with E-state index in [-0.39, 0.29) is 23.0 Å². The first kappa shape index (κ1) is 22.5. The lowest BCUT2D eigenvalue weighted by atomic mass is 10.0. The molecule has 34 heavy (non-hydrogen) atoms. The molecule has 0 aliphatic carbocycles.